The summed E-state index contributed by atoms with van der Waals surface area (Å²) in [6.07, 6.45) is 2.55. The summed E-state index contributed by atoms with van der Waals surface area (Å²) in [5.41, 5.74) is 2.06. The van der Waals surface area contributed by atoms with E-state index in [0.717, 1.165) is 35.6 Å². The van der Waals surface area contributed by atoms with Gasteiger partial charge in [-0.3, -0.25) is 34.5 Å². The van der Waals surface area contributed by atoms with E-state index >= 15 is 0 Å². The Kier molecular flexibility index (Phi) is 10.4. The molecule has 1 unspecified atom stereocenters. The first kappa shape index (κ1) is 39.3. The van der Waals surface area contributed by atoms with Crippen molar-refractivity contribution in [3.63, 3.8) is 0 Å². The number of rotatable bonds is 10. The van der Waals surface area contributed by atoms with Gasteiger partial charge in [-0.05, 0) is 73.9 Å². The molecule has 308 valence electrons. The van der Waals surface area contributed by atoms with Gasteiger partial charge in [-0.15, -0.1) is 0 Å². The number of imide groups is 1. The Labute approximate surface area is 332 Å². The molecule has 1 atom stereocenters. The number of hydrogen-bond donors (Lipinski definition) is 3. The minimum absolute atomic E-state index is 0.0575. The molecule has 2 aromatic heterocycles. The monoisotopic (exact) mass is 804 g/mol. The number of benzene rings is 2. The number of aromatic nitrogens is 3. The number of methoxy groups -OCH3 is 2. The van der Waals surface area contributed by atoms with Gasteiger partial charge in [0.2, 0.25) is 17.7 Å². The van der Waals surface area contributed by atoms with Gasteiger partial charge in [-0.1, -0.05) is 0 Å². The van der Waals surface area contributed by atoms with E-state index in [0.29, 0.717) is 80.9 Å². The lowest BCUT2D eigenvalue weighted by molar-refractivity contribution is -0.137. The molecule has 3 saturated heterocycles. The number of alkyl halides is 3. The van der Waals surface area contributed by atoms with Crippen molar-refractivity contribution < 1.29 is 37.0 Å². The van der Waals surface area contributed by atoms with Crippen LogP contribution in [0.2, 0.25) is 0 Å². The summed E-state index contributed by atoms with van der Waals surface area (Å²) in [4.78, 5) is 56.2. The van der Waals surface area contributed by atoms with Crippen molar-refractivity contribution in [3.05, 3.63) is 64.2 Å². The Morgan fingerprint density at radius 3 is 2.38 bits per heavy atom. The number of piperazine rings is 1. The molecule has 3 aliphatic heterocycles. The lowest BCUT2D eigenvalue weighted by atomic mass is 9.91. The van der Waals surface area contributed by atoms with E-state index in [9.17, 15) is 32.3 Å². The number of hydrogen-bond acceptors (Lipinski definition) is 10. The van der Waals surface area contributed by atoms with E-state index in [4.69, 9.17) is 9.47 Å². The first-order valence-electron chi connectivity index (χ1n) is 19.6. The van der Waals surface area contributed by atoms with Gasteiger partial charge < -0.3 is 29.2 Å². The highest BCUT2D eigenvalue weighted by Gasteiger charge is 2.52. The Hall–Kier alpha value is -5.58. The zero-order valence-corrected chi connectivity index (χ0v) is 32.7. The third-order valence-corrected chi connectivity index (χ3v) is 12.3. The number of aromatic amines is 1. The van der Waals surface area contributed by atoms with Gasteiger partial charge in [-0.2, -0.15) is 18.3 Å². The highest BCUT2D eigenvalue weighted by Crippen LogP contribution is 2.47. The second-order valence-corrected chi connectivity index (χ2v) is 16.0. The van der Waals surface area contributed by atoms with Crippen molar-refractivity contribution in [3.8, 4) is 22.6 Å². The number of carbonyl (C=O) groups excluding carboxylic acids is 3. The topological polar surface area (TPSA) is 154 Å². The third kappa shape index (κ3) is 7.58. The molecule has 4 fully saturated rings. The maximum absolute atomic E-state index is 14.3. The number of nitrogens with one attached hydrogen (secondary N) is 3. The maximum atomic E-state index is 14.3. The molecule has 4 aliphatic rings. The van der Waals surface area contributed by atoms with Crippen LogP contribution in [0.15, 0.2) is 47.5 Å². The van der Waals surface area contributed by atoms with Crippen molar-refractivity contribution in [2.24, 2.45) is 13.0 Å². The number of ether oxygens (including phenoxy) is 2. The summed E-state index contributed by atoms with van der Waals surface area (Å²) in [6.45, 7) is 3.18. The summed E-state index contributed by atoms with van der Waals surface area (Å²) >= 11 is 0. The van der Waals surface area contributed by atoms with Crippen LogP contribution in [0.4, 0.5) is 24.5 Å². The summed E-state index contributed by atoms with van der Waals surface area (Å²) in [6, 6.07) is 7.10. The lowest BCUT2D eigenvalue weighted by Gasteiger charge is -2.43. The molecule has 1 saturated carbocycles. The smallest absolute Gasteiger partial charge is 0.418 e. The SMILES string of the molecule is COc1cc(-c2cn(C)c(=O)c3[nH]ncc23)cc(OC)c1CN1CCN(C(=O)CC2CCN(c3ccc(NC4CCC(=O)NC4=O)cc3C(F)(F)F)CC2)CC12CC2. The van der Waals surface area contributed by atoms with Crippen LogP contribution in [0.1, 0.15) is 56.1 Å². The fourth-order valence-corrected chi connectivity index (χ4v) is 8.87. The first-order valence-corrected chi connectivity index (χ1v) is 19.6. The molecular formula is C41H47F3N8O6. The molecule has 8 rings (SSSR count). The van der Waals surface area contributed by atoms with Crippen molar-refractivity contribution in [2.45, 2.75) is 69.2 Å². The second kappa shape index (κ2) is 15.3. The molecule has 2 aromatic carbocycles. The molecule has 0 bridgehead atoms. The lowest BCUT2D eigenvalue weighted by Crippen LogP contribution is -2.56. The second-order valence-electron chi connectivity index (χ2n) is 16.0. The molecular weight excluding hydrogens is 757 g/mol. The van der Waals surface area contributed by atoms with Crippen LogP contribution < -0.4 is 30.6 Å². The van der Waals surface area contributed by atoms with Gasteiger partial charge in [-0.25, -0.2) is 0 Å². The van der Waals surface area contributed by atoms with Gasteiger partial charge in [0.15, 0.2) is 0 Å². The standard InChI is InChI=1S/C41H47F3N8O6/c1-49-21-28(27-20-45-48-37(27)39(49)56)25-17-33(57-2)29(34(18-25)58-3)22-52-15-14-51(23-40(52)10-11-40)36(54)16-24-8-12-50(13-9-24)32-6-4-26(19-30(32)41(42,43)44)46-31-5-7-35(53)47-38(31)55/h4,6,17-21,24,31,46H,5,7-16,22-23H2,1-3H3,(H,45,48)(H,47,53,55). The quantitative estimate of drug-likeness (QED) is 0.193. The third-order valence-electron chi connectivity index (χ3n) is 12.3. The number of H-pyrrole nitrogens is 1. The van der Waals surface area contributed by atoms with Crippen LogP contribution in [0.3, 0.4) is 0 Å². The van der Waals surface area contributed by atoms with Crippen LogP contribution in [-0.2, 0) is 34.2 Å². The molecule has 3 N–H and O–H groups in total. The van der Waals surface area contributed by atoms with Crippen LogP contribution >= 0.6 is 0 Å². The van der Waals surface area contributed by atoms with E-state index in [1.807, 2.05) is 17.0 Å². The van der Waals surface area contributed by atoms with Crippen molar-refractivity contribution in [1.82, 2.24) is 29.9 Å². The Bertz CT molecular complexity index is 2290. The van der Waals surface area contributed by atoms with Crippen LogP contribution in [0, 0.1) is 5.92 Å². The highest BCUT2D eigenvalue weighted by atomic mass is 19.4. The molecule has 3 amide bonds. The van der Waals surface area contributed by atoms with Crippen molar-refractivity contribution in [2.75, 3.05) is 57.2 Å². The number of piperidine rings is 2. The summed E-state index contributed by atoms with van der Waals surface area (Å²) in [5, 5.41) is 12.7. The number of carbonyl (C=O) groups is 3. The van der Waals surface area contributed by atoms with E-state index < -0.39 is 29.6 Å². The summed E-state index contributed by atoms with van der Waals surface area (Å²) < 4.78 is 56.3. The molecule has 4 aromatic rings. The van der Waals surface area contributed by atoms with Gasteiger partial charge in [0.05, 0.1) is 31.5 Å². The number of fused-ring (bicyclic) bond motifs is 1. The summed E-state index contributed by atoms with van der Waals surface area (Å²) in [5.74, 6) is 0.489. The van der Waals surface area contributed by atoms with E-state index in [1.54, 1.807) is 38.6 Å². The molecule has 17 heteroatoms. The Morgan fingerprint density at radius 2 is 1.72 bits per heavy atom. The van der Waals surface area contributed by atoms with Crippen molar-refractivity contribution >= 4 is 40.0 Å². The van der Waals surface area contributed by atoms with E-state index in [-0.39, 0.29) is 47.1 Å². The number of pyridine rings is 1. The average Bonchev–Trinajstić information content (AvgIpc) is 3.79. The van der Waals surface area contributed by atoms with Crippen molar-refractivity contribution in [1.29, 1.82) is 0 Å². The van der Waals surface area contributed by atoms with Gasteiger partial charge in [0, 0.05) is 93.2 Å². The number of nitrogens with zero attached hydrogens (tertiary/aromatic N) is 5. The predicted molar refractivity (Wildman–Crippen MR) is 210 cm³/mol. The van der Waals surface area contributed by atoms with Gasteiger partial charge >= 0.3 is 6.18 Å². The zero-order chi connectivity index (χ0) is 40.9. The number of anilines is 2. The molecule has 58 heavy (non-hydrogen) atoms. The first-order chi connectivity index (χ1) is 27.8. The number of amides is 3. The fraction of sp³-hybridized carbons (Fsp3) is 0.488. The van der Waals surface area contributed by atoms with Crippen LogP contribution in [0.5, 0.6) is 11.5 Å². The van der Waals surface area contributed by atoms with Crippen LogP contribution in [-0.4, -0.2) is 101 Å². The van der Waals surface area contributed by atoms with Crippen LogP contribution in [0.25, 0.3) is 22.0 Å². The molecule has 14 nitrogen and oxygen atoms in total. The molecule has 1 aliphatic carbocycles. The van der Waals surface area contributed by atoms with E-state index in [2.05, 4.69) is 25.7 Å². The average molecular weight is 805 g/mol. The number of aryl methyl sites for hydroxylation is 1. The molecule has 1 spiro atoms. The Morgan fingerprint density at radius 1 is 1.00 bits per heavy atom. The highest BCUT2D eigenvalue weighted by molar-refractivity contribution is 6.01. The molecule has 5 heterocycles. The van der Waals surface area contributed by atoms with E-state index in [1.165, 1.54) is 16.7 Å². The summed E-state index contributed by atoms with van der Waals surface area (Å²) in [7, 11) is 4.95. The van der Waals surface area contributed by atoms with Gasteiger partial charge in [0.25, 0.3) is 5.56 Å². The largest absolute Gasteiger partial charge is 0.496 e. The van der Waals surface area contributed by atoms with Gasteiger partial charge in [0.1, 0.15) is 23.1 Å². The number of halogens is 3. The molecule has 0 radical (unpaired) electrons. The fourth-order valence-electron chi connectivity index (χ4n) is 8.87. The predicted octanol–water partition coefficient (Wildman–Crippen LogP) is 4.67. The normalized spacial score (nSPS) is 20.1. The zero-order valence-electron chi connectivity index (χ0n) is 32.7. The minimum Gasteiger partial charge on any atom is -0.496 e. The minimum atomic E-state index is -4.62. The Balaban J connectivity index is 0.894. The maximum Gasteiger partial charge on any atom is 0.418 e.